The van der Waals surface area contributed by atoms with Crippen LogP contribution in [-0.4, -0.2) is 21.4 Å². The van der Waals surface area contributed by atoms with Crippen LogP contribution in [-0.2, 0) is 11.3 Å². The van der Waals surface area contributed by atoms with Crippen LogP contribution < -0.4 is 10.6 Å². The second kappa shape index (κ2) is 9.46. The van der Waals surface area contributed by atoms with Crippen molar-refractivity contribution < 1.29 is 9.59 Å². The summed E-state index contributed by atoms with van der Waals surface area (Å²) in [6.45, 7) is 5.88. The van der Waals surface area contributed by atoms with Crippen LogP contribution in [0.4, 0.5) is 5.69 Å². The van der Waals surface area contributed by atoms with Gasteiger partial charge in [0, 0.05) is 16.3 Å². The van der Waals surface area contributed by atoms with Gasteiger partial charge in [0.15, 0.2) is 0 Å². The highest BCUT2D eigenvalue weighted by Gasteiger charge is 2.21. The van der Waals surface area contributed by atoms with Crippen molar-refractivity contribution >= 4 is 40.1 Å². The van der Waals surface area contributed by atoms with E-state index in [2.05, 4.69) is 10.6 Å². The molecule has 0 bridgehead atoms. The van der Waals surface area contributed by atoms with Crippen molar-refractivity contribution in [3.63, 3.8) is 0 Å². The summed E-state index contributed by atoms with van der Waals surface area (Å²) < 4.78 is 1.85. The molecule has 4 rings (SSSR count). The quantitative estimate of drug-likeness (QED) is 0.402. The molecule has 3 aromatic carbocycles. The van der Waals surface area contributed by atoms with Crippen LogP contribution >= 0.6 is 11.6 Å². The largest absolute Gasteiger partial charge is 0.342 e. The zero-order valence-corrected chi connectivity index (χ0v) is 19.5. The Bertz CT molecular complexity index is 1330. The number of rotatable bonds is 6. The Balaban J connectivity index is 1.60. The van der Waals surface area contributed by atoms with Crippen molar-refractivity contribution in [2.24, 2.45) is 0 Å². The molecule has 0 saturated heterocycles. The molecule has 168 valence electrons. The maximum atomic E-state index is 13.0. The van der Waals surface area contributed by atoms with Crippen LogP contribution in [0.1, 0.15) is 40.3 Å². The summed E-state index contributed by atoms with van der Waals surface area (Å²) in [5.41, 5.74) is 4.95. The molecular formula is C26H25ClN4O2. The zero-order chi connectivity index (χ0) is 23.5. The van der Waals surface area contributed by atoms with Gasteiger partial charge in [-0.25, -0.2) is 4.98 Å². The number of para-hydroxylation sites is 2. The summed E-state index contributed by atoms with van der Waals surface area (Å²) >= 11 is 5.93. The van der Waals surface area contributed by atoms with Gasteiger partial charge < -0.3 is 15.2 Å². The SMILES string of the molecule is Cc1ccc(C)c(NC(=O)Cn2c(C(C)NC(=O)c3ccc(Cl)cc3)nc3ccccc32)c1. The minimum Gasteiger partial charge on any atom is -0.342 e. The second-order valence-electron chi connectivity index (χ2n) is 8.11. The van der Waals surface area contributed by atoms with Gasteiger partial charge in [0.2, 0.25) is 5.91 Å². The fourth-order valence-corrected chi connectivity index (χ4v) is 3.87. The third kappa shape index (κ3) is 5.07. The molecular weight excluding hydrogens is 436 g/mol. The lowest BCUT2D eigenvalue weighted by Gasteiger charge is -2.17. The van der Waals surface area contributed by atoms with Crippen molar-refractivity contribution in [3.05, 3.63) is 94.3 Å². The zero-order valence-electron chi connectivity index (χ0n) is 18.7. The van der Waals surface area contributed by atoms with Gasteiger partial charge in [0.1, 0.15) is 12.4 Å². The van der Waals surface area contributed by atoms with Crippen LogP contribution in [0, 0.1) is 13.8 Å². The molecule has 0 spiro atoms. The molecule has 1 heterocycles. The van der Waals surface area contributed by atoms with E-state index in [0.29, 0.717) is 16.4 Å². The van der Waals surface area contributed by atoms with Gasteiger partial charge in [-0.1, -0.05) is 35.9 Å². The summed E-state index contributed by atoms with van der Waals surface area (Å²) in [5.74, 6) is 0.205. The van der Waals surface area contributed by atoms with E-state index in [1.165, 1.54) is 0 Å². The highest BCUT2D eigenvalue weighted by Crippen LogP contribution is 2.22. The van der Waals surface area contributed by atoms with E-state index in [-0.39, 0.29) is 18.4 Å². The van der Waals surface area contributed by atoms with Crippen molar-refractivity contribution in [1.82, 2.24) is 14.9 Å². The molecule has 6 nitrogen and oxygen atoms in total. The van der Waals surface area contributed by atoms with E-state index < -0.39 is 6.04 Å². The molecule has 0 saturated carbocycles. The van der Waals surface area contributed by atoms with Gasteiger partial charge in [0.05, 0.1) is 17.1 Å². The van der Waals surface area contributed by atoms with Gasteiger partial charge in [-0.15, -0.1) is 0 Å². The normalized spacial score (nSPS) is 11.9. The highest BCUT2D eigenvalue weighted by atomic mass is 35.5. The molecule has 1 atom stereocenters. The van der Waals surface area contributed by atoms with Crippen molar-refractivity contribution in [2.45, 2.75) is 33.4 Å². The average molecular weight is 461 g/mol. The Labute approximate surface area is 197 Å². The molecule has 0 aliphatic rings. The van der Waals surface area contributed by atoms with Crippen LogP contribution in [0.5, 0.6) is 0 Å². The van der Waals surface area contributed by atoms with E-state index in [1.807, 2.05) is 67.8 Å². The van der Waals surface area contributed by atoms with Gasteiger partial charge in [-0.2, -0.15) is 0 Å². The van der Waals surface area contributed by atoms with Crippen LogP contribution in [0.15, 0.2) is 66.7 Å². The van der Waals surface area contributed by atoms with Crippen LogP contribution in [0.2, 0.25) is 5.02 Å². The first-order valence-corrected chi connectivity index (χ1v) is 11.1. The molecule has 0 fully saturated rings. The third-order valence-electron chi connectivity index (χ3n) is 5.49. The van der Waals surface area contributed by atoms with Gasteiger partial charge >= 0.3 is 0 Å². The molecule has 33 heavy (non-hydrogen) atoms. The summed E-state index contributed by atoms with van der Waals surface area (Å²) in [7, 11) is 0. The number of halogens is 1. The number of imidazole rings is 1. The Hall–Kier alpha value is -3.64. The van der Waals surface area contributed by atoms with Crippen molar-refractivity contribution in [1.29, 1.82) is 0 Å². The first kappa shape index (κ1) is 22.6. The Morgan fingerprint density at radius 2 is 1.76 bits per heavy atom. The number of nitrogens with zero attached hydrogens (tertiary/aromatic N) is 2. The molecule has 7 heteroatoms. The molecule has 2 N–H and O–H groups in total. The molecule has 2 amide bonds. The molecule has 0 aliphatic carbocycles. The average Bonchev–Trinajstić information content (AvgIpc) is 3.15. The van der Waals surface area contributed by atoms with Crippen LogP contribution in [0.25, 0.3) is 11.0 Å². The van der Waals surface area contributed by atoms with E-state index in [0.717, 1.165) is 27.8 Å². The number of hydrogen-bond donors (Lipinski definition) is 2. The van der Waals surface area contributed by atoms with Crippen LogP contribution in [0.3, 0.4) is 0 Å². The predicted molar refractivity (Wildman–Crippen MR) is 132 cm³/mol. The van der Waals surface area contributed by atoms with E-state index in [1.54, 1.807) is 24.3 Å². The minimum atomic E-state index is -0.422. The van der Waals surface area contributed by atoms with E-state index >= 15 is 0 Å². The fourth-order valence-electron chi connectivity index (χ4n) is 3.74. The summed E-state index contributed by atoms with van der Waals surface area (Å²) in [4.78, 5) is 30.4. The number of aromatic nitrogens is 2. The number of amides is 2. The molecule has 0 radical (unpaired) electrons. The molecule has 0 aliphatic heterocycles. The number of fused-ring (bicyclic) bond motifs is 1. The molecule has 1 aromatic heterocycles. The second-order valence-corrected chi connectivity index (χ2v) is 8.55. The van der Waals surface area contributed by atoms with Gasteiger partial charge in [0.25, 0.3) is 5.91 Å². The summed E-state index contributed by atoms with van der Waals surface area (Å²) in [6.07, 6.45) is 0. The summed E-state index contributed by atoms with van der Waals surface area (Å²) in [6, 6.07) is 19.8. The van der Waals surface area contributed by atoms with E-state index in [9.17, 15) is 9.59 Å². The molecule has 4 aromatic rings. The lowest BCUT2D eigenvalue weighted by atomic mass is 10.1. The Morgan fingerprint density at radius 1 is 1.03 bits per heavy atom. The fraction of sp³-hybridized carbons (Fsp3) is 0.192. The number of carbonyl (C=O) groups excluding carboxylic acids is 2. The summed E-state index contributed by atoms with van der Waals surface area (Å²) in [5, 5.41) is 6.55. The Kier molecular flexibility index (Phi) is 6.47. The van der Waals surface area contributed by atoms with Gasteiger partial charge in [-0.3, -0.25) is 9.59 Å². The highest BCUT2D eigenvalue weighted by molar-refractivity contribution is 6.30. The van der Waals surface area contributed by atoms with Gasteiger partial charge in [-0.05, 0) is 74.4 Å². The monoisotopic (exact) mass is 460 g/mol. The third-order valence-corrected chi connectivity index (χ3v) is 5.75. The number of carbonyl (C=O) groups is 2. The predicted octanol–water partition coefficient (Wildman–Crippen LogP) is 5.44. The number of benzene rings is 3. The maximum Gasteiger partial charge on any atom is 0.251 e. The molecule has 1 unspecified atom stereocenters. The lowest BCUT2D eigenvalue weighted by Crippen LogP contribution is -2.30. The lowest BCUT2D eigenvalue weighted by molar-refractivity contribution is -0.116. The number of aryl methyl sites for hydroxylation is 2. The standard InChI is InChI=1S/C26H25ClN4O2/c1-16-8-9-17(2)22(14-16)29-24(32)15-31-23-7-5-4-6-21(23)30-25(31)18(3)28-26(33)19-10-12-20(27)13-11-19/h4-14,18H,15H2,1-3H3,(H,28,33)(H,29,32). The Morgan fingerprint density at radius 3 is 2.52 bits per heavy atom. The number of nitrogens with one attached hydrogen (secondary N) is 2. The van der Waals surface area contributed by atoms with Crippen molar-refractivity contribution in [2.75, 3.05) is 5.32 Å². The van der Waals surface area contributed by atoms with E-state index in [4.69, 9.17) is 16.6 Å². The minimum absolute atomic E-state index is 0.0738. The number of hydrogen-bond acceptors (Lipinski definition) is 3. The topological polar surface area (TPSA) is 76.0 Å². The first-order valence-electron chi connectivity index (χ1n) is 10.7. The smallest absolute Gasteiger partial charge is 0.251 e. The first-order chi connectivity index (χ1) is 15.8. The van der Waals surface area contributed by atoms with Crippen molar-refractivity contribution in [3.8, 4) is 0 Å². The number of anilines is 1. The maximum absolute atomic E-state index is 13.0.